The molecule has 1 fully saturated rings. The molecule has 0 spiro atoms. The van der Waals surface area contributed by atoms with Crippen LogP contribution in [0, 0.1) is 0 Å². The number of aromatic nitrogens is 2. The number of amides is 3. The molecule has 1 aliphatic heterocycles. The summed E-state index contributed by atoms with van der Waals surface area (Å²) >= 11 is 0. The van der Waals surface area contributed by atoms with Gasteiger partial charge in [-0.2, -0.15) is 4.98 Å². The number of ether oxygens (including phenoxy) is 1. The average Bonchev–Trinajstić information content (AvgIpc) is 3.21. The van der Waals surface area contributed by atoms with Crippen LogP contribution in [-0.2, 0) is 4.74 Å². The molecule has 2 aromatic carbocycles. The van der Waals surface area contributed by atoms with Crippen molar-refractivity contribution in [3.63, 3.8) is 0 Å². The molecule has 12 nitrogen and oxygen atoms in total. The quantitative estimate of drug-likeness (QED) is 0.199. The first-order chi connectivity index (χ1) is 21.0. The van der Waals surface area contributed by atoms with Gasteiger partial charge in [-0.3, -0.25) is 9.59 Å². The second kappa shape index (κ2) is 14.5. The molecule has 1 atom stereocenters. The van der Waals surface area contributed by atoms with Crippen molar-refractivity contribution in [1.82, 2.24) is 14.9 Å². The van der Waals surface area contributed by atoms with Crippen LogP contribution >= 0.6 is 0 Å². The van der Waals surface area contributed by atoms with Crippen LogP contribution in [-0.4, -0.2) is 64.1 Å². The van der Waals surface area contributed by atoms with Gasteiger partial charge in [-0.05, 0) is 88.9 Å². The molecule has 3 aromatic rings. The van der Waals surface area contributed by atoms with Gasteiger partial charge >= 0.3 is 6.09 Å². The maximum absolute atomic E-state index is 13.3. The van der Waals surface area contributed by atoms with E-state index in [0.717, 1.165) is 31.4 Å². The minimum Gasteiger partial charge on any atom is -0.444 e. The first-order valence-electron chi connectivity index (χ1n) is 14.9. The lowest BCUT2D eigenvalue weighted by Crippen LogP contribution is -2.37. The number of carbonyl (C=O) groups excluding carboxylic acids is 3. The normalized spacial score (nSPS) is 15.1. The molecule has 6 N–H and O–H groups in total. The molecule has 12 heteroatoms. The molecule has 0 aliphatic carbocycles. The zero-order valence-corrected chi connectivity index (χ0v) is 25.8. The summed E-state index contributed by atoms with van der Waals surface area (Å²) in [5.41, 5.74) is 7.67. The molecule has 0 saturated carbocycles. The van der Waals surface area contributed by atoms with Crippen LogP contribution in [0.4, 0.5) is 33.6 Å². The summed E-state index contributed by atoms with van der Waals surface area (Å²) in [6, 6.07) is 14.4. The number of carbonyl (C=O) groups is 3. The van der Waals surface area contributed by atoms with Crippen LogP contribution in [0.15, 0.2) is 54.7 Å². The predicted octanol–water partition coefficient (Wildman–Crippen LogP) is 5.59. The third-order valence-corrected chi connectivity index (χ3v) is 6.87. The molecule has 3 amide bonds. The van der Waals surface area contributed by atoms with E-state index in [9.17, 15) is 14.4 Å². The summed E-state index contributed by atoms with van der Waals surface area (Å²) in [5, 5.41) is 12.8. The number of anilines is 5. The summed E-state index contributed by atoms with van der Waals surface area (Å²) in [7, 11) is 0. The Balaban J connectivity index is 1.40. The summed E-state index contributed by atoms with van der Waals surface area (Å²) in [4.78, 5) is 47.9. The van der Waals surface area contributed by atoms with Gasteiger partial charge < -0.3 is 36.6 Å². The lowest BCUT2D eigenvalue weighted by atomic mass is 10.1. The summed E-state index contributed by atoms with van der Waals surface area (Å²) in [6.07, 6.45) is 4.61. The highest BCUT2D eigenvalue weighted by atomic mass is 16.6. The zero-order valence-electron chi connectivity index (χ0n) is 25.8. The van der Waals surface area contributed by atoms with Crippen molar-refractivity contribution < 1.29 is 19.1 Å². The van der Waals surface area contributed by atoms with Crippen molar-refractivity contribution in [3.8, 4) is 0 Å². The Hall–Kier alpha value is -4.87. The number of hydrogen-bond donors (Lipinski definition) is 5. The molecule has 4 rings (SSSR count). The largest absolute Gasteiger partial charge is 0.444 e. The standard InChI is InChI=1S/C32H42N8O4/c1-5-16-34-28-26(20-35-30(39-28)38-23-13-11-21(12-14-23)27(33)41)29(42)37-25-9-6-8-24(19-25)36-22-10-7-17-40(18-15-22)31(43)44-32(2,3)4/h6,8-9,11-14,19-20,22,36H,5,7,10,15-18H2,1-4H3,(H2,33,41)(H,37,42)(H2,34,35,38,39). The van der Waals surface area contributed by atoms with Crippen molar-refractivity contribution >= 4 is 46.7 Å². The minimum absolute atomic E-state index is 0.179. The van der Waals surface area contributed by atoms with E-state index in [1.165, 1.54) is 6.20 Å². The van der Waals surface area contributed by atoms with E-state index >= 15 is 0 Å². The maximum atomic E-state index is 13.3. The van der Waals surface area contributed by atoms with Gasteiger partial charge in [-0.1, -0.05) is 13.0 Å². The van der Waals surface area contributed by atoms with Gasteiger partial charge in [0, 0.05) is 54.5 Å². The van der Waals surface area contributed by atoms with Gasteiger partial charge in [-0.15, -0.1) is 0 Å². The lowest BCUT2D eigenvalue weighted by molar-refractivity contribution is 0.0256. The molecule has 234 valence electrons. The third-order valence-electron chi connectivity index (χ3n) is 6.87. The zero-order chi connectivity index (χ0) is 31.7. The fraction of sp³-hybridized carbons (Fsp3) is 0.406. The number of nitrogens with two attached hydrogens (primary N) is 1. The number of benzene rings is 2. The molecule has 2 heterocycles. The fourth-order valence-electron chi connectivity index (χ4n) is 4.70. The Morgan fingerprint density at radius 3 is 2.48 bits per heavy atom. The molecular formula is C32H42N8O4. The van der Waals surface area contributed by atoms with Gasteiger partial charge in [-0.25, -0.2) is 9.78 Å². The van der Waals surface area contributed by atoms with E-state index in [0.29, 0.717) is 53.9 Å². The SMILES string of the molecule is CCCNc1nc(Nc2ccc(C(N)=O)cc2)ncc1C(=O)Nc1cccc(NC2CCCN(C(=O)OC(C)(C)C)CC2)c1. The van der Waals surface area contributed by atoms with Crippen LogP contribution in [0.2, 0.25) is 0 Å². The van der Waals surface area contributed by atoms with Crippen LogP contribution in [0.3, 0.4) is 0 Å². The Morgan fingerprint density at radius 1 is 1.02 bits per heavy atom. The Kier molecular flexibility index (Phi) is 10.6. The van der Waals surface area contributed by atoms with Crippen molar-refractivity contribution in [2.24, 2.45) is 5.73 Å². The van der Waals surface area contributed by atoms with E-state index in [4.69, 9.17) is 10.5 Å². The van der Waals surface area contributed by atoms with Crippen LogP contribution in [0.25, 0.3) is 0 Å². The van der Waals surface area contributed by atoms with Crippen molar-refractivity contribution in [3.05, 3.63) is 65.9 Å². The molecular weight excluding hydrogens is 560 g/mol. The highest BCUT2D eigenvalue weighted by Crippen LogP contribution is 2.23. The first-order valence-corrected chi connectivity index (χ1v) is 14.9. The van der Waals surface area contributed by atoms with E-state index in [1.807, 2.05) is 52.0 Å². The molecule has 1 aromatic heterocycles. The monoisotopic (exact) mass is 602 g/mol. The third kappa shape index (κ3) is 9.32. The van der Waals surface area contributed by atoms with E-state index in [1.54, 1.807) is 29.2 Å². The fourth-order valence-corrected chi connectivity index (χ4v) is 4.70. The van der Waals surface area contributed by atoms with Gasteiger partial charge in [0.05, 0.1) is 0 Å². The highest BCUT2D eigenvalue weighted by molar-refractivity contribution is 6.07. The first kappa shape index (κ1) is 32.1. The minimum atomic E-state index is -0.523. The van der Waals surface area contributed by atoms with Crippen LogP contribution in [0.1, 0.15) is 74.1 Å². The van der Waals surface area contributed by atoms with Crippen molar-refractivity contribution in [2.45, 2.75) is 65.0 Å². The smallest absolute Gasteiger partial charge is 0.410 e. The number of likely N-dealkylation sites (tertiary alicyclic amines) is 1. The summed E-state index contributed by atoms with van der Waals surface area (Å²) in [5.74, 6) is -0.156. The molecule has 1 saturated heterocycles. The number of nitrogens with zero attached hydrogens (tertiary/aromatic N) is 3. The average molecular weight is 603 g/mol. The Labute approximate surface area is 258 Å². The van der Waals surface area contributed by atoms with E-state index < -0.39 is 11.5 Å². The van der Waals surface area contributed by atoms with Gasteiger partial charge in [0.2, 0.25) is 11.9 Å². The van der Waals surface area contributed by atoms with Crippen LogP contribution < -0.4 is 27.0 Å². The number of nitrogens with one attached hydrogen (secondary N) is 4. The lowest BCUT2D eigenvalue weighted by Gasteiger charge is -2.26. The van der Waals surface area contributed by atoms with Gasteiger partial charge in [0.1, 0.15) is 17.0 Å². The molecule has 0 bridgehead atoms. The Morgan fingerprint density at radius 2 is 1.77 bits per heavy atom. The maximum Gasteiger partial charge on any atom is 0.410 e. The van der Waals surface area contributed by atoms with E-state index in [-0.39, 0.29) is 18.0 Å². The molecule has 44 heavy (non-hydrogen) atoms. The summed E-state index contributed by atoms with van der Waals surface area (Å²) in [6.45, 7) is 9.53. The van der Waals surface area contributed by atoms with Gasteiger partial charge in [0.25, 0.3) is 5.91 Å². The number of rotatable bonds is 10. The number of primary amides is 1. The molecule has 1 aliphatic rings. The second-order valence-corrected chi connectivity index (χ2v) is 11.7. The van der Waals surface area contributed by atoms with Crippen molar-refractivity contribution in [1.29, 1.82) is 0 Å². The predicted molar refractivity (Wildman–Crippen MR) is 173 cm³/mol. The molecule has 0 radical (unpaired) electrons. The second-order valence-electron chi connectivity index (χ2n) is 11.7. The summed E-state index contributed by atoms with van der Waals surface area (Å²) < 4.78 is 5.55. The van der Waals surface area contributed by atoms with Crippen LogP contribution in [0.5, 0.6) is 0 Å². The topological polar surface area (TPSA) is 164 Å². The highest BCUT2D eigenvalue weighted by Gasteiger charge is 2.25. The Bertz CT molecular complexity index is 1460. The van der Waals surface area contributed by atoms with Gasteiger partial charge in [0.15, 0.2) is 0 Å². The number of hydrogen-bond acceptors (Lipinski definition) is 9. The van der Waals surface area contributed by atoms with Crippen molar-refractivity contribution in [2.75, 3.05) is 40.9 Å². The van der Waals surface area contributed by atoms with E-state index in [2.05, 4.69) is 31.2 Å². The molecule has 1 unspecified atom stereocenters.